The Balaban J connectivity index is 1.30. The van der Waals surface area contributed by atoms with Crippen LogP contribution < -0.4 is 0 Å². The Hall–Kier alpha value is -4.22. The smallest absolute Gasteiger partial charge is 0.363 e. The Morgan fingerprint density at radius 1 is 1.05 bits per heavy atom. The number of aliphatic imine (C=N–C) groups is 1. The number of urea groups is 1. The van der Waals surface area contributed by atoms with Crippen LogP contribution in [0.4, 0.5) is 13.6 Å². The molecule has 0 spiro atoms. The SMILES string of the molecule is COCC1=NC(=O)N(N(C=O)CCCN2CCC(c3cccc4ccccc34)CC2)C(c2ccc(F)c(F)c2)C1C(=O)OC. The van der Waals surface area contributed by atoms with Gasteiger partial charge in [-0.1, -0.05) is 48.5 Å². The Labute approximate surface area is 255 Å². The average Bonchev–Trinajstić information content (AvgIpc) is 3.04. The number of ether oxygens (including phenoxy) is 2. The third-order valence-electron chi connectivity index (χ3n) is 8.52. The van der Waals surface area contributed by atoms with E-state index in [9.17, 15) is 23.2 Å². The Kier molecular flexibility index (Phi) is 9.96. The van der Waals surface area contributed by atoms with Crippen molar-refractivity contribution in [3.63, 3.8) is 0 Å². The van der Waals surface area contributed by atoms with Crippen molar-refractivity contribution in [3.05, 3.63) is 83.4 Å². The molecule has 3 aromatic rings. The number of hydrogen-bond acceptors (Lipinski definition) is 6. The number of esters is 1. The number of hydrazine groups is 1. The van der Waals surface area contributed by atoms with Gasteiger partial charge in [-0.3, -0.25) is 14.6 Å². The molecular weight excluding hydrogens is 570 g/mol. The van der Waals surface area contributed by atoms with Crippen LogP contribution in [-0.4, -0.2) is 86.0 Å². The molecule has 5 rings (SSSR count). The minimum absolute atomic E-state index is 0.0650. The van der Waals surface area contributed by atoms with Crippen LogP contribution in [-0.2, 0) is 19.1 Å². The van der Waals surface area contributed by atoms with Crippen LogP contribution in [0.2, 0.25) is 0 Å². The number of methoxy groups -OCH3 is 2. The number of nitrogens with zero attached hydrogens (tertiary/aromatic N) is 4. The van der Waals surface area contributed by atoms with Crippen LogP contribution in [0.25, 0.3) is 10.8 Å². The summed E-state index contributed by atoms with van der Waals surface area (Å²) in [5.74, 6) is -3.75. The molecule has 0 N–H and O–H groups in total. The summed E-state index contributed by atoms with van der Waals surface area (Å²) < 4.78 is 38.4. The summed E-state index contributed by atoms with van der Waals surface area (Å²) in [5, 5.41) is 4.72. The van der Waals surface area contributed by atoms with Gasteiger partial charge in [-0.15, -0.1) is 0 Å². The second-order valence-electron chi connectivity index (χ2n) is 11.1. The zero-order chi connectivity index (χ0) is 31.2. The molecule has 2 unspecified atom stereocenters. The summed E-state index contributed by atoms with van der Waals surface area (Å²) in [4.78, 5) is 45.1. The number of halogens is 2. The van der Waals surface area contributed by atoms with Gasteiger partial charge in [0.2, 0.25) is 6.41 Å². The number of benzene rings is 3. The molecule has 2 heterocycles. The van der Waals surface area contributed by atoms with E-state index in [1.54, 1.807) is 0 Å². The monoisotopic (exact) mass is 606 g/mol. The highest BCUT2D eigenvalue weighted by molar-refractivity contribution is 6.10. The molecule has 0 radical (unpaired) electrons. The Morgan fingerprint density at radius 2 is 1.80 bits per heavy atom. The zero-order valence-corrected chi connectivity index (χ0v) is 24.8. The number of carbonyl (C=O) groups excluding carboxylic acids is 3. The molecule has 3 aromatic carbocycles. The highest BCUT2D eigenvalue weighted by Gasteiger charge is 2.47. The predicted octanol–water partition coefficient (Wildman–Crippen LogP) is 5.11. The van der Waals surface area contributed by atoms with Crippen molar-refractivity contribution in [2.75, 3.05) is 47.0 Å². The zero-order valence-electron chi connectivity index (χ0n) is 24.8. The standard InChI is InChI=1S/C33H36F2N4O5/c1-43-20-29-30(32(41)44-2)31(24-11-12-27(34)28(35)19-24)39(33(42)36-29)38(21-40)16-6-15-37-17-13-23(14-18-37)26-10-5-8-22-7-3-4-9-25(22)26/h3-5,7-12,19,21,23,30-31H,6,13-18,20H2,1-2H3. The molecule has 44 heavy (non-hydrogen) atoms. The minimum Gasteiger partial charge on any atom is -0.468 e. The van der Waals surface area contributed by atoms with Crippen molar-refractivity contribution < 1.29 is 32.6 Å². The fraction of sp³-hybridized carbons (Fsp3) is 0.394. The van der Waals surface area contributed by atoms with Gasteiger partial charge >= 0.3 is 12.0 Å². The first-order valence-corrected chi connectivity index (χ1v) is 14.7. The van der Waals surface area contributed by atoms with E-state index in [0.29, 0.717) is 25.3 Å². The molecule has 0 aromatic heterocycles. The maximum absolute atomic E-state index is 14.4. The summed E-state index contributed by atoms with van der Waals surface area (Å²) in [5.41, 5.74) is 1.55. The number of fused-ring (bicyclic) bond motifs is 1. The van der Waals surface area contributed by atoms with Gasteiger partial charge < -0.3 is 14.4 Å². The van der Waals surface area contributed by atoms with Gasteiger partial charge in [0.1, 0.15) is 5.92 Å². The largest absolute Gasteiger partial charge is 0.468 e. The van der Waals surface area contributed by atoms with E-state index in [-0.39, 0.29) is 24.4 Å². The first-order valence-electron chi connectivity index (χ1n) is 14.7. The lowest BCUT2D eigenvalue weighted by Gasteiger charge is -2.43. The van der Waals surface area contributed by atoms with E-state index in [0.717, 1.165) is 48.1 Å². The highest BCUT2D eigenvalue weighted by Crippen LogP contribution is 2.37. The first-order chi connectivity index (χ1) is 21.4. The molecule has 1 saturated heterocycles. The number of piperidine rings is 1. The van der Waals surface area contributed by atoms with Crippen LogP contribution in [0.15, 0.2) is 65.7 Å². The molecule has 0 saturated carbocycles. The van der Waals surface area contributed by atoms with Crippen molar-refractivity contribution in [1.82, 2.24) is 14.9 Å². The van der Waals surface area contributed by atoms with Gasteiger partial charge in [0, 0.05) is 13.7 Å². The number of amides is 3. The van der Waals surface area contributed by atoms with Crippen molar-refractivity contribution >= 4 is 34.9 Å². The maximum atomic E-state index is 14.4. The molecular formula is C33H36F2N4O5. The van der Waals surface area contributed by atoms with Crippen LogP contribution in [0.1, 0.15) is 42.3 Å². The summed E-state index contributed by atoms with van der Waals surface area (Å²) in [6.07, 6.45) is 3.03. The number of hydrogen-bond donors (Lipinski definition) is 0. The van der Waals surface area contributed by atoms with Crippen molar-refractivity contribution in [3.8, 4) is 0 Å². The van der Waals surface area contributed by atoms with Gasteiger partial charge in [-0.25, -0.2) is 18.6 Å². The van der Waals surface area contributed by atoms with E-state index < -0.39 is 35.6 Å². The van der Waals surface area contributed by atoms with Gasteiger partial charge in [0.05, 0.1) is 25.5 Å². The lowest BCUT2D eigenvalue weighted by Crippen LogP contribution is -2.55. The quantitative estimate of drug-likeness (QED) is 0.223. The fourth-order valence-corrected chi connectivity index (χ4v) is 6.39. The molecule has 2 aliphatic heterocycles. The fourth-order valence-electron chi connectivity index (χ4n) is 6.39. The van der Waals surface area contributed by atoms with Crippen LogP contribution in [0.3, 0.4) is 0 Å². The van der Waals surface area contributed by atoms with Crippen LogP contribution in [0, 0.1) is 17.6 Å². The second-order valence-corrected chi connectivity index (χ2v) is 11.1. The van der Waals surface area contributed by atoms with E-state index in [1.807, 2.05) is 0 Å². The van der Waals surface area contributed by atoms with Gasteiger partial charge in [0.15, 0.2) is 11.6 Å². The molecule has 3 amide bonds. The van der Waals surface area contributed by atoms with E-state index in [2.05, 4.69) is 52.4 Å². The molecule has 1 fully saturated rings. The van der Waals surface area contributed by atoms with Gasteiger partial charge in [-0.05, 0) is 78.8 Å². The van der Waals surface area contributed by atoms with Crippen molar-refractivity contribution in [2.24, 2.45) is 10.9 Å². The lowest BCUT2D eigenvalue weighted by atomic mass is 9.86. The summed E-state index contributed by atoms with van der Waals surface area (Å²) >= 11 is 0. The van der Waals surface area contributed by atoms with Gasteiger partial charge in [-0.2, -0.15) is 4.99 Å². The van der Waals surface area contributed by atoms with Crippen LogP contribution in [0.5, 0.6) is 0 Å². The van der Waals surface area contributed by atoms with E-state index in [4.69, 9.17) is 9.47 Å². The van der Waals surface area contributed by atoms with Crippen LogP contribution >= 0.6 is 0 Å². The topological polar surface area (TPSA) is 91.8 Å². The molecule has 0 aliphatic carbocycles. The maximum Gasteiger partial charge on any atom is 0.363 e. The number of rotatable bonds is 11. The third kappa shape index (κ3) is 6.48. The molecule has 9 nitrogen and oxygen atoms in total. The first kappa shape index (κ1) is 31.2. The summed E-state index contributed by atoms with van der Waals surface area (Å²) in [6, 6.07) is 16.0. The minimum atomic E-state index is -1.21. The van der Waals surface area contributed by atoms with Crippen molar-refractivity contribution in [1.29, 1.82) is 0 Å². The van der Waals surface area contributed by atoms with Gasteiger partial charge in [0.25, 0.3) is 0 Å². The summed E-state index contributed by atoms with van der Waals surface area (Å²) in [6.45, 7) is 2.44. The number of carbonyl (C=O) groups is 3. The normalized spacial score (nSPS) is 19.6. The lowest BCUT2D eigenvalue weighted by molar-refractivity contribution is -0.150. The van der Waals surface area contributed by atoms with Crippen molar-refractivity contribution in [2.45, 2.75) is 31.2 Å². The average molecular weight is 607 g/mol. The number of likely N-dealkylation sites (tertiary alicyclic amines) is 1. The molecule has 0 bridgehead atoms. The molecule has 232 valence electrons. The third-order valence-corrected chi connectivity index (χ3v) is 8.52. The highest BCUT2D eigenvalue weighted by atomic mass is 19.2. The molecule has 11 heteroatoms. The Morgan fingerprint density at radius 3 is 2.50 bits per heavy atom. The summed E-state index contributed by atoms with van der Waals surface area (Å²) in [7, 11) is 2.56. The predicted molar refractivity (Wildman–Crippen MR) is 161 cm³/mol. The van der Waals surface area contributed by atoms with E-state index >= 15 is 0 Å². The molecule has 2 aliphatic rings. The Bertz CT molecular complexity index is 1540. The van der Waals surface area contributed by atoms with E-state index in [1.165, 1.54) is 36.6 Å². The second kappa shape index (κ2) is 14.0. The molecule has 2 atom stereocenters.